The largest absolute Gasteiger partial charge is 0.350 e. The first kappa shape index (κ1) is 16.0. The summed E-state index contributed by atoms with van der Waals surface area (Å²) in [5.74, 6) is 0.487. The van der Waals surface area contributed by atoms with Gasteiger partial charge in [-0.2, -0.15) is 0 Å². The van der Waals surface area contributed by atoms with E-state index >= 15 is 0 Å². The summed E-state index contributed by atoms with van der Waals surface area (Å²) < 4.78 is 2.23. The van der Waals surface area contributed by atoms with Gasteiger partial charge in [-0.3, -0.25) is 4.79 Å². The molecule has 1 fully saturated rings. The van der Waals surface area contributed by atoms with Crippen LogP contribution < -0.4 is 5.32 Å². The summed E-state index contributed by atoms with van der Waals surface area (Å²) in [6.45, 7) is 0.802. The number of carbonyl (C=O) groups excluding carboxylic acids is 1. The lowest BCUT2D eigenvalue weighted by Gasteiger charge is -2.45. The maximum atomic E-state index is 12.8. The van der Waals surface area contributed by atoms with E-state index in [2.05, 4.69) is 58.3 Å². The number of likely N-dealkylation sites (N-methyl/N-ethyl adjacent to an activating group) is 1. The van der Waals surface area contributed by atoms with E-state index in [9.17, 15) is 4.79 Å². The third-order valence-electron chi connectivity index (χ3n) is 6.06. The normalized spacial score (nSPS) is 25.2. The lowest BCUT2D eigenvalue weighted by atomic mass is 9.72. The number of aryl methyl sites for hydroxylation is 1. The molecule has 1 aromatic carbocycles. The maximum Gasteiger partial charge on any atom is 0.230 e. The summed E-state index contributed by atoms with van der Waals surface area (Å²) in [7, 11) is 4.28. The summed E-state index contributed by atoms with van der Waals surface area (Å²) in [6.07, 6.45) is 5.97. The van der Waals surface area contributed by atoms with Crippen molar-refractivity contribution in [3.63, 3.8) is 0 Å². The fourth-order valence-corrected chi connectivity index (χ4v) is 5.43. The summed E-state index contributed by atoms with van der Waals surface area (Å²) in [5, 5.41) is 6.98. The van der Waals surface area contributed by atoms with Gasteiger partial charge in [-0.15, -0.1) is 11.3 Å². The van der Waals surface area contributed by atoms with Gasteiger partial charge in [0.25, 0.3) is 0 Å². The highest BCUT2D eigenvalue weighted by molar-refractivity contribution is 7.13. The molecule has 2 aliphatic rings. The van der Waals surface area contributed by atoms with Crippen LogP contribution in [0, 0.1) is 5.92 Å². The lowest BCUT2D eigenvalue weighted by molar-refractivity contribution is -0.122. The van der Waals surface area contributed by atoms with E-state index in [1.165, 1.54) is 33.4 Å². The molecule has 0 spiro atoms. The molecule has 134 valence electrons. The van der Waals surface area contributed by atoms with Gasteiger partial charge in [0.15, 0.2) is 5.13 Å². The van der Waals surface area contributed by atoms with Gasteiger partial charge < -0.3 is 14.8 Å². The number of hydrogen-bond acceptors (Lipinski definition) is 4. The van der Waals surface area contributed by atoms with Crippen molar-refractivity contribution < 1.29 is 4.79 Å². The van der Waals surface area contributed by atoms with E-state index in [0.717, 1.165) is 19.4 Å². The minimum atomic E-state index is -0.00864. The van der Waals surface area contributed by atoms with Gasteiger partial charge in [0.2, 0.25) is 5.91 Å². The second kappa shape index (κ2) is 5.93. The Kier molecular flexibility index (Phi) is 3.65. The number of likely N-dealkylation sites (tertiary alicyclic amines) is 1. The van der Waals surface area contributed by atoms with Crippen LogP contribution in [0.4, 0.5) is 5.13 Å². The number of aromatic nitrogens is 2. The number of thiazole rings is 1. The van der Waals surface area contributed by atoms with E-state index in [1.54, 1.807) is 6.20 Å². The number of nitrogens with zero attached hydrogens (tertiary/aromatic N) is 3. The number of benzene rings is 1. The Morgan fingerprint density at radius 3 is 3.04 bits per heavy atom. The van der Waals surface area contributed by atoms with Crippen molar-refractivity contribution in [1.29, 1.82) is 0 Å². The molecule has 6 heteroatoms. The van der Waals surface area contributed by atoms with Gasteiger partial charge in [-0.1, -0.05) is 12.1 Å². The van der Waals surface area contributed by atoms with E-state index in [4.69, 9.17) is 0 Å². The second-order valence-electron chi connectivity index (χ2n) is 7.58. The van der Waals surface area contributed by atoms with Crippen molar-refractivity contribution in [2.45, 2.75) is 24.8 Å². The SMILES string of the molecule is CN1C[C@H](C(=O)Nc2nccs2)C[C@@H]2c3cccc4c3c(cn4C)C[C@H]21. The van der Waals surface area contributed by atoms with Crippen LogP contribution in [0.5, 0.6) is 0 Å². The van der Waals surface area contributed by atoms with Crippen LogP contribution in [0.15, 0.2) is 36.0 Å². The molecule has 0 radical (unpaired) electrons. The van der Waals surface area contributed by atoms with Crippen molar-refractivity contribution in [3.8, 4) is 0 Å². The maximum absolute atomic E-state index is 12.8. The molecule has 1 aliphatic heterocycles. The number of rotatable bonds is 2. The Morgan fingerprint density at radius 2 is 2.23 bits per heavy atom. The third kappa shape index (κ3) is 2.40. The van der Waals surface area contributed by atoms with Crippen molar-refractivity contribution in [3.05, 3.63) is 47.1 Å². The Labute approximate surface area is 156 Å². The van der Waals surface area contributed by atoms with Gasteiger partial charge in [0.05, 0.1) is 5.92 Å². The van der Waals surface area contributed by atoms with Crippen molar-refractivity contribution in [2.75, 3.05) is 18.9 Å². The summed E-state index contributed by atoms with van der Waals surface area (Å²) in [4.78, 5) is 19.4. The minimum Gasteiger partial charge on any atom is -0.350 e. The predicted molar refractivity (Wildman–Crippen MR) is 105 cm³/mol. The highest BCUT2D eigenvalue weighted by Crippen LogP contribution is 2.44. The van der Waals surface area contributed by atoms with Crippen LogP contribution in [0.3, 0.4) is 0 Å². The number of hydrogen-bond donors (Lipinski definition) is 1. The van der Waals surface area contributed by atoms with Crippen LogP contribution in [-0.2, 0) is 18.3 Å². The molecule has 5 rings (SSSR count). The molecule has 3 aromatic rings. The first-order valence-electron chi connectivity index (χ1n) is 9.09. The number of amides is 1. The number of anilines is 1. The predicted octanol–water partition coefficient (Wildman–Crippen LogP) is 3.23. The average molecular weight is 366 g/mol. The van der Waals surface area contributed by atoms with Gasteiger partial charge in [-0.05, 0) is 37.1 Å². The number of fused-ring (bicyclic) bond motifs is 2. The Morgan fingerprint density at radius 1 is 1.35 bits per heavy atom. The van der Waals surface area contributed by atoms with E-state index in [-0.39, 0.29) is 11.8 Å². The number of carbonyl (C=O) groups is 1. The lowest BCUT2D eigenvalue weighted by Crippen LogP contribution is -2.50. The fraction of sp³-hybridized carbons (Fsp3) is 0.400. The summed E-state index contributed by atoms with van der Waals surface area (Å²) in [6, 6.07) is 7.09. The number of piperidine rings is 1. The standard InChI is InChI=1S/C20H22N4OS/c1-23-10-12-9-17-15(14-4-3-5-16(23)18(12)14)8-13(11-24(17)2)19(25)22-20-21-6-7-26-20/h3-7,10,13,15,17H,8-9,11H2,1-2H3,(H,21,22,25)/t13-,15-,17-/m1/s1. The topological polar surface area (TPSA) is 50.2 Å². The zero-order valence-electron chi connectivity index (χ0n) is 15.0. The van der Waals surface area contributed by atoms with Crippen molar-refractivity contribution >= 4 is 33.3 Å². The molecule has 1 aliphatic carbocycles. The third-order valence-corrected chi connectivity index (χ3v) is 6.75. The van der Waals surface area contributed by atoms with E-state index < -0.39 is 0 Å². The van der Waals surface area contributed by atoms with Crippen LogP contribution in [-0.4, -0.2) is 40.0 Å². The molecule has 0 saturated carbocycles. The minimum absolute atomic E-state index is 0.00864. The Balaban J connectivity index is 1.49. The molecule has 3 heterocycles. The first-order valence-corrected chi connectivity index (χ1v) is 9.97. The zero-order chi connectivity index (χ0) is 17.8. The van der Waals surface area contributed by atoms with Crippen LogP contribution in [0.2, 0.25) is 0 Å². The molecule has 1 saturated heterocycles. The number of nitrogens with one attached hydrogen (secondary N) is 1. The quantitative estimate of drug-likeness (QED) is 0.758. The summed E-state index contributed by atoms with van der Waals surface area (Å²) in [5.41, 5.74) is 4.15. The highest BCUT2D eigenvalue weighted by Gasteiger charge is 2.41. The molecular formula is C20H22N4OS. The van der Waals surface area contributed by atoms with Gasteiger partial charge in [0, 0.05) is 54.2 Å². The highest BCUT2D eigenvalue weighted by atomic mass is 32.1. The average Bonchev–Trinajstić information content (AvgIpc) is 3.25. The molecule has 0 bridgehead atoms. The van der Waals surface area contributed by atoms with E-state index in [0.29, 0.717) is 17.1 Å². The van der Waals surface area contributed by atoms with E-state index in [1.807, 2.05) is 5.38 Å². The van der Waals surface area contributed by atoms with Crippen molar-refractivity contribution in [1.82, 2.24) is 14.5 Å². The monoisotopic (exact) mass is 366 g/mol. The van der Waals surface area contributed by atoms with Crippen LogP contribution >= 0.6 is 11.3 Å². The first-order chi connectivity index (χ1) is 12.6. The van der Waals surface area contributed by atoms with Crippen LogP contribution in [0.25, 0.3) is 10.9 Å². The Hall–Kier alpha value is -2.18. The molecule has 1 N–H and O–H groups in total. The molecule has 0 unspecified atom stereocenters. The van der Waals surface area contributed by atoms with Gasteiger partial charge in [-0.25, -0.2) is 4.98 Å². The van der Waals surface area contributed by atoms with Crippen LogP contribution in [0.1, 0.15) is 23.5 Å². The molecule has 26 heavy (non-hydrogen) atoms. The Bertz CT molecular complexity index is 977. The summed E-state index contributed by atoms with van der Waals surface area (Å²) >= 11 is 1.47. The van der Waals surface area contributed by atoms with Crippen molar-refractivity contribution in [2.24, 2.45) is 13.0 Å². The van der Waals surface area contributed by atoms with Gasteiger partial charge in [0.1, 0.15) is 0 Å². The zero-order valence-corrected chi connectivity index (χ0v) is 15.8. The molecule has 1 amide bonds. The molecule has 3 atom stereocenters. The fourth-order valence-electron chi connectivity index (χ4n) is 4.90. The molecular weight excluding hydrogens is 344 g/mol. The van der Waals surface area contributed by atoms with Gasteiger partial charge >= 0.3 is 0 Å². The smallest absolute Gasteiger partial charge is 0.230 e. The molecule has 2 aromatic heterocycles. The molecule has 5 nitrogen and oxygen atoms in total. The second-order valence-corrected chi connectivity index (χ2v) is 8.48.